The Hall–Kier alpha value is -1.63. The Kier molecular flexibility index (Phi) is 6.16. The van der Waals surface area contributed by atoms with Gasteiger partial charge < -0.3 is 15.4 Å². The van der Waals surface area contributed by atoms with Crippen molar-refractivity contribution in [3.8, 4) is 0 Å². The maximum Gasteiger partial charge on any atom is 0.191 e. The predicted molar refractivity (Wildman–Crippen MR) is 103 cm³/mol. The molecule has 0 radical (unpaired) electrons. The molecular weight excluding hydrogens is 328 g/mol. The van der Waals surface area contributed by atoms with E-state index in [1.165, 1.54) is 25.7 Å². The number of hydrogen-bond donors (Lipinski definition) is 2. The van der Waals surface area contributed by atoms with Crippen LogP contribution in [0.1, 0.15) is 57.6 Å². The van der Waals surface area contributed by atoms with E-state index in [4.69, 9.17) is 4.74 Å². The Morgan fingerprint density at radius 3 is 2.77 bits per heavy atom. The van der Waals surface area contributed by atoms with E-state index in [2.05, 4.69) is 39.6 Å². The second-order valence-electron chi connectivity index (χ2n) is 8.34. The third-order valence-corrected chi connectivity index (χ3v) is 5.91. The zero-order chi connectivity index (χ0) is 18.6. The normalized spacial score (nSPS) is 21.7. The van der Waals surface area contributed by atoms with Crippen LogP contribution in [0.4, 0.5) is 0 Å². The van der Waals surface area contributed by atoms with Gasteiger partial charge in [0.25, 0.3) is 0 Å². The van der Waals surface area contributed by atoms with Crippen molar-refractivity contribution >= 4 is 5.96 Å². The van der Waals surface area contributed by atoms with Crippen molar-refractivity contribution in [2.24, 2.45) is 16.3 Å². The first-order valence-corrected chi connectivity index (χ1v) is 9.90. The molecule has 1 aromatic heterocycles. The van der Waals surface area contributed by atoms with E-state index in [0.717, 1.165) is 49.5 Å². The number of methoxy groups -OCH3 is 1. The molecule has 1 aliphatic carbocycles. The molecule has 3 rings (SSSR count). The summed E-state index contributed by atoms with van der Waals surface area (Å²) in [5.41, 5.74) is 0.300. The van der Waals surface area contributed by atoms with Gasteiger partial charge in [-0.05, 0) is 30.6 Å². The minimum absolute atomic E-state index is 0.300. The van der Waals surface area contributed by atoms with Crippen molar-refractivity contribution in [1.29, 1.82) is 0 Å². The highest BCUT2D eigenvalue weighted by molar-refractivity contribution is 5.80. The molecule has 7 nitrogen and oxygen atoms in total. The number of hydrogen-bond acceptors (Lipinski definition) is 4. The monoisotopic (exact) mass is 362 g/mol. The van der Waals surface area contributed by atoms with Crippen LogP contribution < -0.4 is 10.6 Å². The quantitative estimate of drug-likeness (QED) is 0.599. The number of aryl methyl sites for hydroxylation is 1. The molecule has 1 unspecified atom stereocenters. The maximum atomic E-state index is 5.14. The van der Waals surface area contributed by atoms with Crippen LogP contribution in [0.25, 0.3) is 0 Å². The van der Waals surface area contributed by atoms with Gasteiger partial charge in [-0.15, -0.1) is 0 Å². The highest BCUT2D eigenvalue weighted by atomic mass is 16.5. The molecule has 2 aliphatic rings. The molecule has 0 spiro atoms. The Labute approximate surface area is 157 Å². The van der Waals surface area contributed by atoms with Crippen molar-refractivity contribution in [1.82, 2.24) is 25.4 Å². The molecular formula is C19H34N6O. The summed E-state index contributed by atoms with van der Waals surface area (Å²) in [6.07, 6.45) is 7.46. The lowest BCUT2D eigenvalue weighted by molar-refractivity contribution is 0.177. The molecule has 1 aliphatic heterocycles. The van der Waals surface area contributed by atoms with Crippen LogP contribution in [0, 0.1) is 11.3 Å². The van der Waals surface area contributed by atoms with Crippen LogP contribution in [0.15, 0.2) is 4.99 Å². The van der Waals surface area contributed by atoms with Gasteiger partial charge in [-0.1, -0.05) is 26.7 Å². The summed E-state index contributed by atoms with van der Waals surface area (Å²) >= 11 is 0. The van der Waals surface area contributed by atoms with E-state index in [9.17, 15) is 0 Å². The van der Waals surface area contributed by atoms with Gasteiger partial charge in [-0.3, -0.25) is 4.99 Å². The Morgan fingerprint density at radius 1 is 1.31 bits per heavy atom. The fourth-order valence-corrected chi connectivity index (χ4v) is 4.22. The van der Waals surface area contributed by atoms with Crippen molar-refractivity contribution in [2.45, 2.75) is 71.6 Å². The molecule has 0 bridgehead atoms. The van der Waals surface area contributed by atoms with Crippen LogP contribution in [0.3, 0.4) is 0 Å². The number of nitrogens with one attached hydrogen (secondary N) is 2. The lowest BCUT2D eigenvalue weighted by Gasteiger charge is -2.33. The summed E-state index contributed by atoms with van der Waals surface area (Å²) in [5.74, 6) is 3.53. The molecule has 7 heteroatoms. The lowest BCUT2D eigenvalue weighted by Crippen LogP contribution is -2.49. The van der Waals surface area contributed by atoms with Gasteiger partial charge in [0.1, 0.15) is 12.4 Å². The summed E-state index contributed by atoms with van der Waals surface area (Å²) in [4.78, 5) is 8.97. The zero-order valence-corrected chi connectivity index (χ0v) is 16.7. The van der Waals surface area contributed by atoms with E-state index in [1.54, 1.807) is 7.11 Å². The molecule has 1 aromatic rings. The molecule has 26 heavy (non-hydrogen) atoms. The smallest absolute Gasteiger partial charge is 0.191 e. The molecule has 1 atom stereocenters. The Bertz CT molecular complexity index is 618. The lowest BCUT2D eigenvalue weighted by atomic mass is 9.78. The fourth-order valence-electron chi connectivity index (χ4n) is 4.22. The van der Waals surface area contributed by atoms with Crippen LogP contribution >= 0.6 is 0 Å². The average molecular weight is 363 g/mol. The van der Waals surface area contributed by atoms with Gasteiger partial charge in [-0.2, -0.15) is 5.10 Å². The van der Waals surface area contributed by atoms with Gasteiger partial charge in [-0.25, -0.2) is 9.67 Å². The van der Waals surface area contributed by atoms with Crippen molar-refractivity contribution in [3.05, 3.63) is 11.6 Å². The molecule has 0 amide bonds. The van der Waals surface area contributed by atoms with Gasteiger partial charge in [0.2, 0.25) is 0 Å². The van der Waals surface area contributed by atoms with E-state index in [1.807, 2.05) is 11.7 Å². The van der Waals surface area contributed by atoms with Crippen LogP contribution in [0.5, 0.6) is 0 Å². The standard InChI is InChI=1S/C19H34N6O/c1-19(2,14-7-5-6-8-14)13-21-18(20-3)22-15-9-10-17-23-16(12-26-4)24-25(17)11-15/h14-15H,5-13H2,1-4H3,(H2,20,21,22). The van der Waals surface area contributed by atoms with E-state index >= 15 is 0 Å². The van der Waals surface area contributed by atoms with Gasteiger partial charge in [0.05, 0.1) is 6.54 Å². The number of guanidine groups is 1. The third-order valence-electron chi connectivity index (χ3n) is 5.91. The third kappa shape index (κ3) is 4.55. The second kappa shape index (κ2) is 8.37. The minimum Gasteiger partial charge on any atom is -0.377 e. The summed E-state index contributed by atoms with van der Waals surface area (Å²) in [7, 11) is 3.52. The molecule has 2 N–H and O–H groups in total. The number of aromatic nitrogens is 3. The molecule has 0 saturated heterocycles. The highest BCUT2D eigenvalue weighted by Gasteiger charge is 2.32. The van der Waals surface area contributed by atoms with Crippen LogP contribution in [-0.4, -0.2) is 47.5 Å². The average Bonchev–Trinajstić information content (AvgIpc) is 3.28. The largest absolute Gasteiger partial charge is 0.377 e. The number of rotatable bonds is 6. The van der Waals surface area contributed by atoms with Crippen molar-refractivity contribution in [2.75, 3.05) is 20.7 Å². The number of fused-ring (bicyclic) bond motifs is 1. The molecule has 0 aromatic carbocycles. The minimum atomic E-state index is 0.300. The van der Waals surface area contributed by atoms with Crippen molar-refractivity contribution < 1.29 is 4.74 Å². The summed E-state index contributed by atoms with van der Waals surface area (Å²) in [6.45, 7) is 7.00. The first-order chi connectivity index (χ1) is 12.5. The van der Waals surface area contributed by atoms with Gasteiger partial charge in [0.15, 0.2) is 11.8 Å². The number of nitrogens with zero attached hydrogens (tertiary/aromatic N) is 4. The molecule has 146 valence electrons. The Balaban J connectivity index is 1.52. The van der Waals surface area contributed by atoms with Crippen molar-refractivity contribution in [3.63, 3.8) is 0 Å². The van der Waals surface area contributed by atoms with Gasteiger partial charge in [0, 0.05) is 33.2 Å². The highest BCUT2D eigenvalue weighted by Crippen LogP contribution is 2.38. The fraction of sp³-hybridized carbons (Fsp3) is 0.842. The first kappa shape index (κ1) is 19.1. The molecule has 1 fully saturated rings. The SMILES string of the molecule is CN=C(NCC(C)(C)C1CCCC1)NC1CCc2nc(COC)nn2C1. The van der Waals surface area contributed by atoms with Crippen LogP contribution in [-0.2, 0) is 24.3 Å². The predicted octanol–water partition coefficient (Wildman–Crippen LogP) is 2.12. The second-order valence-corrected chi connectivity index (χ2v) is 8.34. The number of aliphatic imine (C=N–C) groups is 1. The van der Waals surface area contributed by atoms with E-state index in [-0.39, 0.29) is 0 Å². The first-order valence-electron chi connectivity index (χ1n) is 9.90. The summed E-state index contributed by atoms with van der Waals surface area (Å²) in [5, 5.41) is 11.7. The summed E-state index contributed by atoms with van der Waals surface area (Å²) in [6, 6.07) is 0.320. The zero-order valence-electron chi connectivity index (χ0n) is 16.7. The molecule has 1 saturated carbocycles. The molecule has 2 heterocycles. The number of ether oxygens (including phenoxy) is 1. The van der Waals surface area contributed by atoms with Crippen LogP contribution in [0.2, 0.25) is 0 Å². The van der Waals surface area contributed by atoms with E-state index < -0.39 is 0 Å². The maximum absolute atomic E-state index is 5.14. The van der Waals surface area contributed by atoms with Gasteiger partial charge >= 0.3 is 0 Å². The Morgan fingerprint density at radius 2 is 2.08 bits per heavy atom. The summed E-state index contributed by atoms with van der Waals surface area (Å²) < 4.78 is 7.14. The topological polar surface area (TPSA) is 76.4 Å². The van der Waals surface area contributed by atoms with E-state index in [0.29, 0.717) is 18.1 Å².